The highest BCUT2D eigenvalue weighted by molar-refractivity contribution is 7.18. The molecule has 9 nitrogen and oxygen atoms in total. The molecule has 2 aromatic carbocycles. The first-order valence-electron chi connectivity index (χ1n) is 15.4. The molecule has 0 radical (unpaired) electrons. The summed E-state index contributed by atoms with van der Waals surface area (Å²) in [4.78, 5) is 45.5. The summed E-state index contributed by atoms with van der Waals surface area (Å²) in [5, 5.41) is 9.28. The number of ether oxygens (including phenoxy) is 1. The van der Waals surface area contributed by atoms with Crippen LogP contribution in [-0.4, -0.2) is 40.4 Å². The number of benzene rings is 2. The summed E-state index contributed by atoms with van der Waals surface area (Å²) in [6, 6.07) is 6.00. The number of hydrogen-bond acceptors (Lipinski definition) is 6. The van der Waals surface area contributed by atoms with Crippen molar-refractivity contribution in [2.45, 2.75) is 82.8 Å². The number of nitrogens with zero attached hydrogens (tertiary/aromatic N) is 2. The van der Waals surface area contributed by atoms with Crippen molar-refractivity contribution < 1.29 is 23.5 Å². The summed E-state index contributed by atoms with van der Waals surface area (Å²) in [6.07, 6.45) is 6.49. The van der Waals surface area contributed by atoms with Gasteiger partial charge in [-0.3, -0.25) is 9.59 Å². The van der Waals surface area contributed by atoms with Gasteiger partial charge in [0.25, 0.3) is 5.91 Å². The van der Waals surface area contributed by atoms with Gasteiger partial charge in [-0.1, -0.05) is 13.0 Å². The van der Waals surface area contributed by atoms with E-state index < -0.39 is 29.3 Å². The lowest BCUT2D eigenvalue weighted by molar-refractivity contribution is -0.126. The molecule has 0 bridgehead atoms. The average Bonchev–Trinajstić information content (AvgIpc) is 3.64. The average molecular weight is 618 g/mol. The third-order valence-corrected chi connectivity index (χ3v) is 10.8. The highest BCUT2D eigenvalue weighted by Crippen LogP contribution is 2.49. The molecule has 3 fully saturated rings. The van der Waals surface area contributed by atoms with Crippen molar-refractivity contribution in [3.05, 3.63) is 64.1 Å². The number of amides is 4. The molecule has 3 aromatic rings. The lowest BCUT2D eigenvalue weighted by Gasteiger charge is -2.30. The van der Waals surface area contributed by atoms with Gasteiger partial charge in [0.15, 0.2) is 5.82 Å². The van der Waals surface area contributed by atoms with Crippen molar-refractivity contribution in [1.82, 2.24) is 20.5 Å². The molecule has 1 saturated heterocycles. The second-order valence-corrected chi connectivity index (χ2v) is 13.6. The summed E-state index contributed by atoms with van der Waals surface area (Å²) in [5.41, 5.74) is 2.28. The van der Waals surface area contributed by atoms with Gasteiger partial charge < -0.3 is 25.6 Å². The van der Waals surface area contributed by atoms with Crippen LogP contribution >= 0.6 is 11.3 Å². The van der Waals surface area contributed by atoms with Crippen LogP contribution in [0.3, 0.4) is 0 Å². The predicted molar refractivity (Wildman–Crippen MR) is 166 cm³/mol. The molecule has 0 unspecified atom stereocenters. The van der Waals surface area contributed by atoms with Gasteiger partial charge in [-0.2, -0.15) is 0 Å². The largest absolute Gasteiger partial charge is 0.492 e. The minimum absolute atomic E-state index is 0.0245. The van der Waals surface area contributed by atoms with E-state index >= 15 is 4.39 Å². The molecule has 11 heteroatoms. The van der Waals surface area contributed by atoms with Crippen LogP contribution in [0.1, 0.15) is 91.2 Å². The van der Waals surface area contributed by atoms with Crippen molar-refractivity contribution in [1.29, 1.82) is 0 Å². The number of piperidine rings is 1. The minimum Gasteiger partial charge on any atom is -0.492 e. The van der Waals surface area contributed by atoms with Gasteiger partial charge in [0, 0.05) is 16.8 Å². The standard InChI is InChI=1S/C33H36FN5O4S/c1-4-43-25-14-19(18-6-5-7-18)15-26-28(25)37-31(44-26)33(3,20-9-10-20)38-32(42)36-23-12-11-21-22(27(23)34)16-39(30(21)41)24-13-8-17(2)35-29(24)40/h11-12,14-15,18,20,24H,2,4-10,13,16H2,1,3H3,(H,35,40)(H2,36,38,42)/t24-,33+/m0/s1. The summed E-state index contributed by atoms with van der Waals surface area (Å²) in [6.45, 7) is 8.22. The fourth-order valence-electron chi connectivity index (χ4n) is 6.65. The number of anilines is 1. The smallest absolute Gasteiger partial charge is 0.320 e. The predicted octanol–water partition coefficient (Wildman–Crippen LogP) is 6.30. The highest BCUT2D eigenvalue weighted by atomic mass is 32.1. The molecule has 3 heterocycles. The number of carbonyl (C=O) groups excluding carboxylic acids is 3. The maximum Gasteiger partial charge on any atom is 0.320 e. The molecule has 2 saturated carbocycles. The van der Waals surface area contributed by atoms with Crippen LogP contribution < -0.4 is 20.7 Å². The van der Waals surface area contributed by atoms with Gasteiger partial charge in [0.2, 0.25) is 5.91 Å². The molecule has 2 atom stereocenters. The van der Waals surface area contributed by atoms with E-state index in [1.165, 1.54) is 41.9 Å². The third-order valence-electron chi connectivity index (χ3n) is 9.58. The van der Waals surface area contributed by atoms with Crippen LogP contribution in [0.4, 0.5) is 14.9 Å². The van der Waals surface area contributed by atoms with Crippen molar-refractivity contribution in [3.63, 3.8) is 0 Å². The minimum atomic E-state index is -0.758. The number of allylic oxidation sites excluding steroid dienone is 1. The van der Waals surface area contributed by atoms with Gasteiger partial charge in [-0.05, 0) is 94.0 Å². The van der Waals surface area contributed by atoms with Gasteiger partial charge in [-0.25, -0.2) is 14.2 Å². The molecule has 44 heavy (non-hydrogen) atoms. The fraction of sp³-hybridized carbons (Fsp3) is 0.455. The van der Waals surface area contributed by atoms with E-state index in [0.717, 1.165) is 33.8 Å². The van der Waals surface area contributed by atoms with Gasteiger partial charge in [0.05, 0.1) is 29.1 Å². The van der Waals surface area contributed by atoms with E-state index in [2.05, 4.69) is 34.7 Å². The first-order valence-corrected chi connectivity index (χ1v) is 16.3. The number of halogens is 1. The molecule has 230 valence electrons. The van der Waals surface area contributed by atoms with Crippen molar-refractivity contribution in [2.75, 3.05) is 11.9 Å². The zero-order valence-electron chi connectivity index (χ0n) is 24.9. The Bertz CT molecular complexity index is 1710. The number of fused-ring (bicyclic) bond motifs is 2. The molecular weight excluding hydrogens is 581 g/mol. The number of rotatable bonds is 8. The molecular formula is C33H36FN5O4S. The maximum absolute atomic E-state index is 15.8. The fourth-order valence-corrected chi connectivity index (χ4v) is 7.86. The second-order valence-electron chi connectivity index (χ2n) is 12.5. The van der Waals surface area contributed by atoms with Gasteiger partial charge >= 0.3 is 6.03 Å². The Hall–Kier alpha value is -3.99. The van der Waals surface area contributed by atoms with E-state index in [-0.39, 0.29) is 35.2 Å². The van der Waals surface area contributed by atoms with Crippen LogP contribution in [-0.2, 0) is 16.9 Å². The van der Waals surface area contributed by atoms with Crippen LogP contribution in [0.15, 0.2) is 36.5 Å². The summed E-state index contributed by atoms with van der Waals surface area (Å²) in [5.74, 6) is 0.133. The molecule has 0 spiro atoms. The Labute approximate surface area is 259 Å². The lowest BCUT2D eigenvalue weighted by atomic mass is 9.80. The number of thiazole rings is 1. The first-order chi connectivity index (χ1) is 21.2. The zero-order valence-corrected chi connectivity index (χ0v) is 25.7. The van der Waals surface area contributed by atoms with Crippen LogP contribution in [0.5, 0.6) is 5.75 Å². The van der Waals surface area contributed by atoms with E-state index in [9.17, 15) is 14.4 Å². The molecule has 1 aromatic heterocycles. The summed E-state index contributed by atoms with van der Waals surface area (Å²) in [7, 11) is 0. The maximum atomic E-state index is 15.8. The Morgan fingerprint density at radius 2 is 2.02 bits per heavy atom. The monoisotopic (exact) mass is 617 g/mol. The van der Waals surface area contributed by atoms with Crippen LogP contribution in [0.25, 0.3) is 10.2 Å². The number of aromatic nitrogens is 1. The summed E-state index contributed by atoms with van der Waals surface area (Å²) >= 11 is 1.57. The number of urea groups is 1. The topological polar surface area (TPSA) is 113 Å². The highest BCUT2D eigenvalue weighted by Gasteiger charge is 2.47. The molecule has 2 aliphatic carbocycles. The van der Waals surface area contributed by atoms with Crippen LogP contribution in [0, 0.1) is 11.7 Å². The number of carbonyl (C=O) groups is 3. The number of nitrogens with one attached hydrogen (secondary N) is 3. The Morgan fingerprint density at radius 1 is 1.23 bits per heavy atom. The zero-order chi connectivity index (χ0) is 30.7. The molecule has 7 rings (SSSR count). The van der Waals surface area contributed by atoms with E-state index in [1.54, 1.807) is 11.3 Å². The molecule has 2 aliphatic heterocycles. The quantitative estimate of drug-likeness (QED) is 0.275. The first kappa shape index (κ1) is 28.8. The molecule has 3 N–H and O–H groups in total. The SMILES string of the molecule is C=C1CC[C@H](N2Cc3c(ccc(NC(=O)N[C@@](C)(c4nc5c(OCC)cc(C6CCC6)cc5s4)C4CC4)c3F)C2=O)C(=O)N1. The Morgan fingerprint density at radius 3 is 2.70 bits per heavy atom. The van der Waals surface area contributed by atoms with Crippen LogP contribution in [0.2, 0.25) is 0 Å². The number of hydrogen-bond donors (Lipinski definition) is 3. The van der Waals surface area contributed by atoms with Crippen molar-refractivity contribution in [2.24, 2.45) is 5.92 Å². The van der Waals surface area contributed by atoms with Gasteiger partial charge in [-0.15, -0.1) is 11.3 Å². The second kappa shape index (κ2) is 10.9. The Balaban J connectivity index is 1.12. The van der Waals surface area contributed by atoms with E-state index in [1.807, 2.05) is 13.8 Å². The van der Waals surface area contributed by atoms with Crippen molar-refractivity contribution in [3.8, 4) is 5.75 Å². The normalized spacial score (nSPS) is 21.5. The van der Waals surface area contributed by atoms with Gasteiger partial charge in [0.1, 0.15) is 22.3 Å². The molecule has 4 amide bonds. The summed E-state index contributed by atoms with van der Waals surface area (Å²) < 4.78 is 22.8. The Kier molecular flexibility index (Phi) is 7.10. The lowest BCUT2D eigenvalue weighted by Crippen LogP contribution is -2.49. The van der Waals surface area contributed by atoms with E-state index in [0.29, 0.717) is 31.1 Å². The van der Waals surface area contributed by atoms with Crippen molar-refractivity contribution >= 4 is 45.1 Å². The molecule has 4 aliphatic rings. The third kappa shape index (κ3) is 4.91. The van der Waals surface area contributed by atoms with E-state index in [4.69, 9.17) is 9.72 Å².